The van der Waals surface area contributed by atoms with E-state index in [0.29, 0.717) is 0 Å². The van der Waals surface area contributed by atoms with Crippen LogP contribution in [0.5, 0.6) is 0 Å². The fourth-order valence-electron chi connectivity index (χ4n) is 1.40. The van der Waals surface area contributed by atoms with E-state index in [1.54, 1.807) is 0 Å². The second-order valence-electron chi connectivity index (χ2n) is 3.34. The molecule has 1 fully saturated rings. The standard InChI is InChI=1S/C8H14F3NO2/c1-12-3-2-7(6-12)13-4-5-14-8(9,10)11/h7H,2-6H2,1H3. The fourth-order valence-corrected chi connectivity index (χ4v) is 1.40. The van der Waals surface area contributed by atoms with Gasteiger partial charge in [-0.05, 0) is 13.5 Å². The van der Waals surface area contributed by atoms with Crippen molar-refractivity contribution in [1.29, 1.82) is 0 Å². The maximum absolute atomic E-state index is 11.5. The monoisotopic (exact) mass is 213 g/mol. The van der Waals surface area contributed by atoms with Gasteiger partial charge in [-0.15, -0.1) is 13.2 Å². The van der Waals surface area contributed by atoms with Crippen LogP contribution in [0.1, 0.15) is 6.42 Å². The highest BCUT2D eigenvalue weighted by atomic mass is 19.4. The van der Waals surface area contributed by atoms with Crippen molar-refractivity contribution in [2.45, 2.75) is 18.9 Å². The lowest BCUT2D eigenvalue weighted by molar-refractivity contribution is -0.327. The third-order valence-corrected chi connectivity index (χ3v) is 2.05. The average Bonchev–Trinajstić information content (AvgIpc) is 2.44. The van der Waals surface area contributed by atoms with Crippen LogP contribution >= 0.6 is 0 Å². The molecule has 1 aliphatic heterocycles. The highest BCUT2D eigenvalue weighted by molar-refractivity contribution is 4.72. The number of halogens is 3. The predicted octanol–water partition coefficient (Wildman–Crippen LogP) is 1.24. The molecule has 0 aromatic heterocycles. The first-order valence-corrected chi connectivity index (χ1v) is 4.48. The van der Waals surface area contributed by atoms with Crippen molar-refractivity contribution in [3.8, 4) is 0 Å². The number of nitrogens with zero attached hydrogens (tertiary/aromatic N) is 1. The first-order chi connectivity index (χ1) is 6.47. The number of ether oxygens (including phenoxy) is 2. The van der Waals surface area contributed by atoms with Gasteiger partial charge in [-0.2, -0.15) is 0 Å². The number of hydrogen-bond acceptors (Lipinski definition) is 3. The number of rotatable bonds is 4. The Labute approximate surface area is 80.8 Å². The topological polar surface area (TPSA) is 21.7 Å². The normalized spacial score (nSPS) is 24.4. The summed E-state index contributed by atoms with van der Waals surface area (Å²) in [5.41, 5.74) is 0. The summed E-state index contributed by atoms with van der Waals surface area (Å²) in [7, 11) is 1.95. The second-order valence-corrected chi connectivity index (χ2v) is 3.34. The Balaban J connectivity index is 1.99. The summed E-state index contributed by atoms with van der Waals surface area (Å²) in [5, 5.41) is 0. The smallest absolute Gasteiger partial charge is 0.374 e. The lowest BCUT2D eigenvalue weighted by atomic mass is 10.3. The minimum Gasteiger partial charge on any atom is -0.374 e. The first-order valence-electron chi connectivity index (χ1n) is 4.48. The Morgan fingerprint density at radius 3 is 2.57 bits per heavy atom. The van der Waals surface area contributed by atoms with Crippen molar-refractivity contribution < 1.29 is 22.6 Å². The SMILES string of the molecule is CN1CCC(OCCOC(F)(F)F)C1. The molecule has 1 atom stereocenters. The van der Waals surface area contributed by atoms with Gasteiger partial charge in [-0.1, -0.05) is 0 Å². The van der Waals surface area contributed by atoms with Crippen LogP contribution in [0.25, 0.3) is 0 Å². The Morgan fingerprint density at radius 1 is 1.36 bits per heavy atom. The zero-order chi connectivity index (χ0) is 10.6. The van der Waals surface area contributed by atoms with E-state index in [2.05, 4.69) is 9.64 Å². The molecule has 1 saturated heterocycles. The molecule has 84 valence electrons. The molecule has 0 N–H and O–H groups in total. The van der Waals surface area contributed by atoms with Gasteiger partial charge in [0, 0.05) is 13.1 Å². The third kappa shape index (κ3) is 4.78. The van der Waals surface area contributed by atoms with Crippen LogP contribution in [0.15, 0.2) is 0 Å². The van der Waals surface area contributed by atoms with Gasteiger partial charge < -0.3 is 9.64 Å². The van der Waals surface area contributed by atoms with Gasteiger partial charge in [-0.25, -0.2) is 0 Å². The molecule has 0 radical (unpaired) electrons. The molecule has 0 spiro atoms. The summed E-state index contributed by atoms with van der Waals surface area (Å²) in [6.45, 7) is 1.29. The van der Waals surface area contributed by atoms with Crippen LogP contribution in [0.3, 0.4) is 0 Å². The summed E-state index contributed by atoms with van der Waals surface area (Å²) >= 11 is 0. The van der Waals surface area contributed by atoms with Crippen LogP contribution in [-0.2, 0) is 9.47 Å². The van der Waals surface area contributed by atoms with E-state index >= 15 is 0 Å². The van der Waals surface area contributed by atoms with Crippen LogP contribution in [0.4, 0.5) is 13.2 Å². The van der Waals surface area contributed by atoms with Crippen molar-refractivity contribution >= 4 is 0 Å². The van der Waals surface area contributed by atoms with E-state index in [0.717, 1.165) is 19.5 Å². The van der Waals surface area contributed by atoms with Crippen LogP contribution < -0.4 is 0 Å². The van der Waals surface area contributed by atoms with Crippen molar-refractivity contribution in [1.82, 2.24) is 4.90 Å². The first kappa shape index (κ1) is 11.7. The third-order valence-electron chi connectivity index (χ3n) is 2.05. The minimum absolute atomic E-state index is 0.00197. The van der Waals surface area contributed by atoms with Crippen molar-refractivity contribution in [2.24, 2.45) is 0 Å². The van der Waals surface area contributed by atoms with E-state index < -0.39 is 13.0 Å². The minimum atomic E-state index is -4.55. The lowest BCUT2D eigenvalue weighted by Crippen LogP contribution is -2.23. The summed E-state index contributed by atoms with van der Waals surface area (Å²) < 4.78 is 43.4. The Morgan fingerprint density at radius 2 is 2.07 bits per heavy atom. The Hall–Kier alpha value is -0.330. The molecule has 0 aliphatic carbocycles. The molecule has 1 aliphatic rings. The highest BCUT2D eigenvalue weighted by Gasteiger charge is 2.29. The molecular formula is C8H14F3NO2. The second kappa shape index (κ2) is 4.95. The zero-order valence-electron chi connectivity index (χ0n) is 8.01. The molecule has 1 unspecified atom stereocenters. The average molecular weight is 213 g/mol. The molecule has 0 aromatic carbocycles. The van der Waals surface area contributed by atoms with E-state index in [-0.39, 0.29) is 12.7 Å². The summed E-state index contributed by atoms with van der Waals surface area (Å²) in [6, 6.07) is 0. The zero-order valence-corrected chi connectivity index (χ0v) is 8.01. The van der Waals surface area contributed by atoms with Gasteiger partial charge in [0.05, 0.1) is 19.3 Å². The van der Waals surface area contributed by atoms with Crippen molar-refractivity contribution in [3.63, 3.8) is 0 Å². The van der Waals surface area contributed by atoms with Crippen molar-refractivity contribution in [2.75, 3.05) is 33.4 Å². The number of alkyl halides is 3. The molecular weight excluding hydrogens is 199 g/mol. The molecule has 3 nitrogen and oxygen atoms in total. The van der Waals surface area contributed by atoms with Crippen LogP contribution in [0, 0.1) is 0 Å². The number of likely N-dealkylation sites (tertiary alicyclic amines) is 1. The molecule has 1 rings (SSSR count). The maximum atomic E-state index is 11.5. The Bertz CT molecular complexity index is 174. The molecule has 6 heteroatoms. The summed E-state index contributed by atoms with van der Waals surface area (Å²) in [4.78, 5) is 2.08. The maximum Gasteiger partial charge on any atom is 0.522 e. The highest BCUT2D eigenvalue weighted by Crippen LogP contribution is 2.16. The van der Waals surface area contributed by atoms with Crippen molar-refractivity contribution in [3.05, 3.63) is 0 Å². The van der Waals surface area contributed by atoms with Crippen LogP contribution in [-0.4, -0.2) is 50.7 Å². The van der Waals surface area contributed by atoms with E-state index in [1.807, 2.05) is 7.05 Å². The molecule has 0 saturated carbocycles. The summed E-state index contributed by atoms with van der Waals surface area (Å²) in [5.74, 6) is 0. The molecule has 0 aromatic rings. The lowest BCUT2D eigenvalue weighted by Gasteiger charge is -2.12. The van der Waals surface area contributed by atoms with E-state index in [4.69, 9.17) is 4.74 Å². The quantitative estimate of drug-likeness (QED) is 0.656. The van der Waals surface area contributed by atoms with E-state index in [1.165, 1.54) is 0 Å². The molecule has 1 heterocycles. The molecule has 0 bridgehead atoms. The molecule has 14 heavy (non-hydrogen) atoms. The molecule has 0 amide bonds. The van der Waals surface area contributed by atoms with E-state index in [9.17, 15) is 13.2 Å². The number of hydrogen-bond donors (Lipinski definition) is 0. The predicted molar refractivity (Wildman–Crippen MR) is 43.9 cm³/mol. The van der Waals surface area contributed by atoms with Gasteiger partial charge in [-0.3, -0.25) is 4.74 Å². The van der Waals surface area contributed by atoms with Gasteiger partial charge in [0.1, 0.15) is 0 Å². The summed E-state index contributed by atoms with van der Waals surface area (Å²) in [6.07, 6.45) is -3.62. The van der Waals surface area contributed by atoms with Gasteiger partial charge in [0.15, 0.2) is 0 Å². The van der Waals surface area contributed by atoms with Gasteiger partial charge in [0.25, 0.3) is 0 Å². The fraction of sp³-hybridized carbons (Fsp3) is 1.00. The largest absolute Gasteiger partial charge is 0.522 e. The number of likely N-dealkylation sites (N-methyl/N-ethyl adjacent to an activating group) is 1. The Kier molecular flexibility index (Phi) is 4.15. The van der Waals surface area contributed by atoms with Crippen LogP contribution in [0.2, 0.25) is 0 Å². The van der Waals surface area contributed by atoms with Gasteiger partial charge >= 0.3 is 6.36 Å². The van der Waals surface area contributed by atoms with Gasteiger partial charge in [0.2, 0.25) is 0 Å².